The number of rotatable bonds is 3. The molecule has 0 aliphatic heterocycles. The average Bonchev–Trinajstić information content (AvgIpc) is 2.26. The van der Waals surface area contributed by atoms with Crippen molar-refractivity contribution in [3.63, 3.8) is 0 Å². The number of amides is 2. The molecule has 0 aromatic carbocycles. The normalized spacial score (nSPS) is 17.4. The van der Waals surface area contributed by atoms with Crippen molar-refractivity contribution in [2.24, 2.45) is 11.7 Å². The fraction of sp³-hybridized carbons (Fsp3) is 0.818. The monoisotopic (exact) mass is 212 g/mol. The molecule has 0 aromatic heterocycles. The number of nitrogens with zero attached hydrogens (tertiary/aromatic N) is 1. The van der Waals surface area contributed by atoms with E-state index >= 15 is 0 Å². The van der Waals surface area contributed by atoms with Crippen LogP contribution in [-0.4, -0.2) is 30.3 Å². The van der Waals surface area contributed by atoms with Gasteiger partial charge in [-0.3, -0.25) is 9.59 Å². The fourth-order valence-corrected chi connectivity index (χ4v) is 2.14. The average molecular weight is 212 g/mol. The van der Waals surface area contributed by atoms with Crippen LogP contribution in [0.25, 0.3) is 0 Å². The summed E-state index contributed by atoms with van der Waals surface area (Å²) in [5, 5.41) is 0. The van der Waals surface area contributed by atoms with Crippen molar-refractivity contribution in [3.8, 4) is 0 Å². The van der Waals surface area contributed by atoms with Gasteiger partial charge < -0.3 is 10.6 Å². The molecule has 0 radical (unpaired) electrons. The minimum atomic E-state index is -0.860. The Bertz CT molecular complexity index is 235. The van der Waals surface area contributed by atoms with Crippen LogP contribution < -0.4 is 5.73 Å². The number of hydrogen-bond acceptors (Lipinski definition) is 2. The van der Waals surface area contributed by atoms with E-state index in [1.54, 1.807) is 7.05 Å². The molecule has 2 N–H and O–H groups in total. The van der Waals surface area contributed by atoms with Gasteiger partial charge in [0.25, 0.3) is 0 Å². The highest BCUT2D eigenvalue weighted by Gasteiger charge is 2.18. The Morgan fingerprint density at radius 2 is 1.87 bits per heavy atom. The van der Waals surface area contributed by atoms with E-state index in [0.717, 1.165) is 12.3 Å². The van der Waals surface area contributed by atoms with Gasteiger partial charge in [0.05, 0.1) is 0 Å². The lowest BCUT2D eigenvalue weighted by Gasteiger charge is -2.24. The van der Waals surface area contributed by atoms with Crippen molar-refractivity contribution in [2.75, 3.05) is 13.6 Å². The van der Waals surface area contributed by atoms with Gasteiger partial charge in [-0.15, -0.1) is 0 Å². The van der Waals surface area contributed by atoms with Crippen LogP contribution in [0.4, 0.5) is 0 Å². The maximum atomic E-state index is 11.2. The van der Waals surface area contributed by atoms with Crippen LogP contribution in [0.5, 0.6) is 0 Å². The molecule has 1 fully saturated rings. The van der Waals surface area contributed by atoms with Gasteiger partial charge in [0.1, 0.15) is 0 Å². The Morgan fingerprint density at radius 1 is 1.27 bits per heavy atom. The van der Waals surface area contributed by atoms with Crippen LogP contribution in [-0.2, 0) is 9.59 Å². The van der Waals surface area contributed by atoms with E-state index in [9.17, 15) is 9.59 Å². The summed E-state index contributed by atoms with van der Waals surface area (Å²) in [5.41, 5.74) is 4.92. The summed E-state index contributed by atoms with van der Waals surface area (Å²) < 4.78 is 0. The smallest absolute Gasteiger partial charge is 0.311 e. The maximum absolute atomic E-state index is 11.2. The largest absolute Gasteiger partial charge is 0.361 e. The molecule has 0 saturated heterocycles. The first-order valence-electron chi connectivity index (χ1n) is 5.66. The summed E-state index contributed by atoms with van der Waals surface area (Å²) in [4.78, 5) is 23.2. The van der Waals surface area contributed by atoms with E-state index in [2.05, 4.69) is 0 Å². The SMILES string of the molecule is CN(CCC1CCCCC1)C(=O)C(N)=O. The van der Waals surface area contributed by atoms with Crippen molar-refractivity contribution in [1.29, 1.82) is 0 Å². The number of hydrogen-bond donors (Lipinski definition) is 1. The van der Waals surface area contributed by atoms with Crippen molar-refractivity contribution >= 4 is 11.8 Å². The molecule has 0 heterocycles. The number of carbonyl (C=O) groups excluding carboxylic acids is 2. The van der Waals surface area contributed by atoms with Crippen molar-refractivity contribution in [2.45, 2.75) is 38.5 Å². The topological polar surface area (TPSA) is 63.4 Å². The predicted molar refractivity (Wildman–Crippen MR) is 58.0 cm³/mol. The zero-order valence-corrected chi connectivity index (χ0v) is 9.37. The molecular formula is C11H20N2O2. The zero-order valence-electron chi connectivity index (χ0n) is 9.37. The third-order valence-electron chi connectivity index (χ3n) is 3.15. The molecule has 86 valence electrons. The van der Waals surface area contributed by atoms with Crippen molar-refractivity contribution in [1.82, 2.24) is 4.90 Å². The van der Waals surface area contributed by atoms with Gasteiger partial charge in [-0.1, -0.05) is 32.1 Å². The fourth-order valence-electron chi connectivity index (χ4n) is 2.14. The molecular weight excluding hydrogens is 192 g/mol. The molecule has 1 aliphatic carbocycles. The molecule has 0 atom stereocenters. The zero-order chi connectivity index (χ0) is 11.3. The van der Waals surface area contributed by atoms with E-state index < -0.39 is 11.8 Å². The van der Waals surface area contributed by atoms with Gasteiger partial charge >= 0.3 is 11.8 Å². The Kier molecular flexibility index (Phi) is 4.59. The number of likely N-dealkylation sites (N-methyl/N-ethyl adjacent to an activating group) is 1. The third kappa shape index (κ3) is 3.90. The molecule has 0 spiro atoms. The molecule has 15 heavy (non-hydrogen) atoms. The van der Waals surface area contributed by atoms with Gasteiger partial charge in [-0.25, -0.2) is 0 Å². The minimum Gasteiger partial charge on any atom is -0.361 e. The molecule has 1 rings (SSSR count). The highest BCUT2D eigenvalue weighted by atomic mass is 16.2. The molecule has 2 amide bonds. The van der Waals surface area contributed by atoms with Gasteiger partial charge in [0, 0.05) is 13.6 Å². The first-order chi connectivity index (χ1) is 7.11. The van der Waals surface area contributed by atoms with Gasteiger partial charge in [0.2, 0.25) is 0 Å². The van der Waals surface area contributed by atoms with Crippen LogP contribution in [0.3, 0.4) is 0 Å². The third-order valence-corrected chi connectivity index (χ3v) is 3.15. The lowest BCUT2D eigenvalue weighted by molar-refractivity contribution is -0.143. The molecule has 0 aromatic rings. The lowest BCUT2D eigenvalue weighted by Crippen LogP contribution is -2.38. The van der Waals surface area contributed by atoms with Crippen molar-refractivity contribution in [3.05, 3.63) is 0 Å². The maximum Gasteiger partial charge on any atom is 0.311 e. The van der Waals surface area contributed by atoms with Crippen LogP contribution >= 0.6 is 0 Å². The van der Waals surface area contributed by atoms with Gasteiger partial charge in [-0.2, -0.15) is 0 Å². The van der Waals surface area contributed by atoms with E-state index in [-0.39, 0.29) is 0 Å². The summed E-state index contributed by atoms with van der Waals surface area (Å²) >= 11 is 0. The van der Waals surface area contributed by atoms with Crippen LogP contribution in [0, 0.1) is 5.92 Å². The Morgan fingerprint density at radius 3 is 2.40 bits per heavy atom. The van der Waals surface area contributed by atoms with E-state index in [1.165, 1.54) is 37.0 Å². The second kappa shape index (κ2) is 5.73. The Labute approximate surface area is 90.8 Å². The standard InChI is InChI=1S/C11H20N2O2/c1-13(11(15)10(12)14)8-7-9-5-3-2-4-6-9/h9H,2-8H2,1H3,(H2,12,14). The Hall–Kier alpha value is -1.06. The molecule has 1 aliphatic rings. The highest BCUT2D eigenvalue weighted by molar-refractivity contribution is 6.34. The number of primary amides is 1. The molecule has 4 heteroatoms. The first-order valence-corrected chi connectivity index (χ1v) is 5.66. The van der Waals surface area contributed by atoms with Crippen LogP contribution in [0.15, 0.2) is 0 Å². The second-order valence-electron chi connectivity index (χ2n) is 4.38. The van der Waals surface area contributed by atoms with E-state index in [4.69, 9.17) is 5.73 Å². The Balaban J connectivity index is 2.23. The van der Waals surface area contributed by atoms with Crippen LogP contribution in [0.2, 0.25) is 0 Å². The quantitative estimate of drug-likeness (QED) is 0.706. The second-order valence-corrected chi connectivity index (χ2v) is 4.38. The summed E-state index contributed by atoms with van der Waals surface area (Å²) in [7, 11) is 1.63. The first kappa shape index (κ1) is 12.0. The number of nitrogens with two attached hydrogens (primary N) is 1. The van der Waals surface area contributed by atoms with E-state index in [1.807, 2.05) is 0 Å². The van der Waals surface area contributed by atoms with Gasteiger partial charge in [-0.05, 0) is 12.3 Å². The van der Waals surface area contributed by atoms with Crippen LogP contribution in [0.1, 0.15) is 38.5 Å². The molecule has 1 saturated carbocycles. The van der Waals surface area contributed by atoms with Crippen molar-refractivity contribution < 1.29 is 9.59 Å². The summed E-state index contributed by atoms with van der Waals surface area (Å²) in [6.45, 7) is 0.645. The summed E-state index contributed by atoms with van der Waals surface area (Å²) in [6, 6.07) is 0. The minimum absolute atomic E-state index is 0.578. The molecule has 0 bridgehead atoms. The van der Waals surface area contributed by atoms with Gasteiger partial charge in [0.15, 0.2) is 0 Å². The van der Waals surface area contributed by atoms with E-state index in [0.29, 0.717) is 6.54 Å². The summed E-state index contributed by atoms with van der Waals surface area (Å²) in [5.74, 6) is -0.714. The predicted octanol–water partition coefficient (Wildman–Crippen LogP) is 0.900. The number of carbonyl (C=O) groups is 2. The molecule has 4 nitrogen and oxygen atoms in total. The lowest BCUT2D eigenvalue weighted by atomic mass is 9.87. The highest BCUT2D eigenvalue weighted by Crippen LogP contribution is 2.26. The molecule has 0 unspecified atom stereocenters. The summed E-state index contributed by atoms with van der Waals surface area (Å²) in [6.07, 6.45) is 7.47.